The quantitative estimate of drug-likeness (QED) is 0.743. The van der Waals surface area contributed by atoms with E-state index in [0.29, 0.717) is 13.0 Å². The van der Waals surface area contributed by atoms with E-state index < -0.39 is 0 Å². The fraction of sp³-hybridized carbons (Fsp3) is 0.389. The Morgan fingerprint density at radius 2 is 2.17 bits per heavy atom. The van der Waals surface area contributed by atoms with Gasteiger partial charge in [-0.25, -0.2) is 0 Å². The number of carbonyl (C=O) groups is 1. The predicted molar refractivity (Wildman–Crippen MR) is 89.6 cm³/mol. The normalized spacial score (nSPS) is 17.8. The number of nitrogens with zero attached hydrogens (tertiary/aromatic N) is 4. The number of aryl methyl sites for hydroxylation is 2. The maximum Gasteiger partial charge on any atom is 0.227 e. The minimum atomic E-state index is 0.128. The first kappa shape index (κ1) is 14.9. The van der Waals surface area contributed by atoms with E-state index in [-0.39, 0.29) is 11.9 Å². The summed E-state index contributed by atoms with van der Waals surface area (Å²) in [6, 6.07) is 8.42. The Hall–Kier alpha value is -2.63. The molecule has 1 aliphatic heterocycles. The van der Waals surface area contributed by atoms with Crippen molar-refractivity contribution in [1.82, 2.24) is 19.8 Å². The molecule has 1 aromatic carbocycles. The molecule has 6 nitrogen and oxygen atoms in total. The zero-order chi connectivity index (χ0) is 16.7. The number of aromatic nitrogens is 3. The van der Waals surface area contributed by atoms with Gasteiger partial charge in [-0.1, -0.05) is 23.4 Å². The van der Waals surface area contributed by atoms with Crippen LogP contribution in [0.1, 0.15) is 29.5 Å². The minimum absolute atomic E-state index is 0.128. The third kappa shape index (κ3) is 2.48. The zero-order valence-electron chi connectivity index (χ0n) is 13.9. The minimum Gasteiger partial charge on any atom is -0.361 e. The lowest BCUT2D eigenvalue weighted by Crippen LogP contribution is -2.30. The fourth-order valence-electron chi connectivity index (χ4n) is 3.47. The van der Waals surface area contributed by atoms with Gasteiger partial charge in [0.05, 0.1) is 29.9 Å². The molecule has 24 heavy (non-hydrogen) atoms. The van der Waals surface area contributed by atoms with Crippen LogP contribution in [0.25, 0.3) is 10.9 Å². The van der Waals surface area contributed by atoms with Gasteiger partial charge in [-0.05, 0) is 26.3 Å². The van der Waals surface area contributed by atoms with E-state index in [1.165, 1.54) is 0 Å². The van der Waals surface area contributed by atoms with Crippen molar-refractivity contribution < 1.29 is 9.32 Å². The lowest BCUT2D eigenvalue weighted by molar-refractivity contribution is -0.129. The standard InChI is InChI=1S/C18H20N4O2/c1-12-16(13(2)24-20-12)9-18(23)21-8-7-15(11-21)22-17-6-4-3-5-14(17)10-19-22/h3-6,10,15H,7-9,11H2,1-2H3. The van der Waals surface area contributed by atoms with Gasteiger partial charge >= 0.3 is 0 Å². The molecule has 1 fully saturated rings. The third-order valence-electron chi connectivity index (χ3n) is 4.88. The van der Waals surface area contributed by atoms with E-state index in [1.54, 1.807) is 0 Å². The second kappa shape index (κ2) is 5.78. The van der Waals surface area contributed by atoms with Gasteiger partial charge in [-0.3, -0.25) is 9.48 Å². The summed E-state index contributed by atoms with van der Waals surface area (Å²) in [6.07, 6.45) is 3.18. The van der Waals surface area contributed by atoms with Crippen molar-refractivity contribution in [2.75, 3.05) is 13.1 Å². The number of hydrogen-bond donors (Lipinski definition) is 0. The molecule has 2 aromatic heterocycles. The summed E-state index contributed by atoms with van der Waals surface area (Å²) in [6.45, 7) is 5.20. The summed E-state index contributed by atoms with van der Waals surface area (Å²) >= 11 is 0. The van der Waals surface area contributed by atoms with Crippen molar-refractivity contribution in [3.05, 3.63) is 47.5 Å². The van der Waals surface area contributed by atoms with Crippen molar-refractivity contribution in [1.29, 1.82) is 0 Å². The molecule has 0 aliphatic carbocycles. The summed E-state index contributed by atoms with van der Waals surface area (Å²) in [5.41, 5.74) is 2.84. The summed E-state index contributed by atoms with van der Waals surface area (Å²) in [5.74, 6) is 0.859. The summed E-state index contributed by atoms with van der Waals surface area (Å²) in [7, 11) is 0. The summed E-state index contributed by atoms with van der Waals surface area (Å²) < 4.78 is 7.21. The second-order valence-corrected chi connectivity index (χ2v) is 6.41. The Kier molecular flexibility index (Phi) is 3.59. The van der Waals surface area contributed by atoms with Gasteiger partial charge in [0.1, 0.15) is 5.76 Å². The van der Waals surface area contributed by atoms with Gasteiger partial charge in [0, 0.05) is 24.0 Å². The largest absolute Gasteiger partial charge is 0.361 e. The molecule has 1 amide bonds. The van der Waals surface area contributed by atoms with Crippen LogP contribution in [-0.4, -0.2) is 38.8 Å². The lowest BCUT2D eigenvalue weighted by Gasteiger charge is -2.17. The number of likely N-dealkylation sites (tertiary alicyclic amines) is 1. The zero-order valence-corrected chi connectivity index (χ0v) is 13.9. The number of benzene rings is 1. The fourth-order valence-corrected chi connectivity index (χ4v) is 3.47. The molecule has 0 radical (unpaired) electrons. The molecule has 3 heterocycles. The van der Waals surface area contributed by atoms with E-state index in [4.69, 9.17) is 4.52 Å². The lowest BCUT2D eigenvalue weighted by atomic mass is 10.1. The van der Waals surface area contributed by atoms with Crippen LogP contribution in [0.3, 0.4) is 0 Å². The van der Waals surface area contributed by atoms with Crippen LogP contribution < -0.4 is 0 Å². The highest BCUT2D eigenvalue weighted by Gasteiger charge is 2.29. The summed E-state index contributed by atoms with van der Waals surface area (Å²) in [4.78, 5) is 14.5. The van der Waals surface area contributed by atoms with Crippen LogP contribution in [0.2, 0.25) is 0 Å². The molecular formula is C18H20N4O2. The molecule has 4 rings (SSSR count). The van der Waals surface area contributed by atoms with Crippen LogP contribution in [-0.2, 0) is 11.2 Å². The molecule has 1 atom stereocenters. The molecule has 0 N–H and O–H groups in total. The second-order valence-electron chi connectivity index (χ2n) is 6.41. The Morgan fingerprint density at radius 1 is 1.33 bits per heavy atom. The smallest absolute Gasteiger partial charge is 0.227 e. The molecule has 0 saturated carbocycles. The molecule has 3 aromatic rings. The van der Waals surface area contributed by atoms with E-state index in [0.717, 1.165) is 40.9 Å². The third-order valence-corrected chi connectivity index (χ3v) is 4.88. The number of amides is 1. The van der Waals surface area contributed by atoms with Gasteiger partial charge in [-0.2, -0.15) is 5.10 Å². The first-order chi connectivity index (χ1) is 11.6. The van der Waals surface area contributed by atoms with Gasteiger partial charge in [0.15, 0.2) is 0 Å². The van der Waals surface area contributed by atoms with E-state index in [9.17, 15) is 4.79 Å². The van der Waals surface area contributed by atoms with Crippen molar-refractivity contribution >= 4 is 16.8 Å². The number of para-hydroxylation sites is 1. The van der Waals surface area contributed by atoms with Gasteiger partial charge in [0.2, 0.25) is 5.91 Å². The first-order valence-electron chi connectivity index (χ1n) is 8.25. The molecule has 1 aliphatic rings. The summed E-state index contributed by atoms with van der Waals surface area (Å²) in [5, 5.41) is 9.59. The molecular weight excluding hydrogens is 304 g/mol. The number of fused-ring (bicyclic) bond motifs is 1. The highest BCUT2D eigenvalue weighted by Crippen LogP contribution is 2.26. The topological polar surface area (TPSA) is 64.2 Å². The van der Waals surface area contributed by atoms with E-state index in [1.807, 2.05) is 37.1 Å². The van der Waals surface area contributed by atoms with Crippen LogP contribution in [0.4, 0.5) is 0 Å². The monoisotopic (exact) mass is 324 g/mol. The number of hydrogen-bond acceptors (Lipinski definition) is 4. The molecule has 0 bridgehead atoms. The SMILES string of the molecule is Cc1noc(C)c1CC(=O)N1CCC(n2ncc3ccccc32)C1. The molecule has 0 spiro atoms. The van der Waals surface area contributed by atoms with Gasteiger partial charge in [-0.15, -0.1) is 0 Å². The highest BCUT2D eigenvalue weighted by atomic mass is 16.5. The predicted octanol–water partition coefficient (Wildman–Crippen LogP) is 2.66. The number of rotatable bonds is 3. The van der Waals surface area contributed by atoms with Crippen molar-refractivity contribution in [3.8, 4) is 0 Å². The van der Waals surface area contributed by atoms with E-state index >= 15 is 0 Å². The molecule has 1 unspecified atom stereocenters. The Balaban J connectivity index is 1.49. The van der Waals surface area contributed by atoms with Gasteiger partial charge < -0.3 is 9.42 Å². The Labute approximate surface area is 140 Å². The average Bonchev–Trinajstić information content (AvgIpc) is 3.29. The van der Waals surface area contributed by atoms with Crippen LogP contribution in [0.15, 0.2) is 35.0 Å². The Bertz CT molecular complexity index is 876. The highest BCUT2D eigenvalue weighted by molar-refractivity contribution is 5.80. The molecule has 6 heteroatoms. The maximum atomic E-state index is 12.6. The van der Waals surface area contributed by atoms with Crippen LogP contribution in [0.5, 0.6) is 0 Å². The maximum absolute atomic E-state index is 12.6. The van der Waals surface area contributed by atoms with Crippen molar-refractivity contribution in [2.45, 2.75) is 32.7 Å². The van der Waals surface area contributed by atoms with Gasteiger partial charge in [0.25, 0.3) is 0 Å². The Morgan fingerprint density at radius 3 is 2.96 bits per heavy atom. The van der Waals surface area contributed by atoms with Crippen molar-refractivity contribution in [2.24, 2.45) is 0 Å². The molecule has 124 valence electrons. The van der Waals surface area contributed by atoms with Crippen LogP contribution >= 0.6 is 0 Å². The van der Waals surface area contributed by atoms with Crippen molar-refractivity contribution in [3.63, 3.8) is 0 Å². The first-order valence-corrected chi connectivity index (χ1v) is 8.25. The average molecular weight is 324 g/mol. The van der Waals surface area contributed by atoms with E-state index in [2.05, 4.69) is 27.1 Å². The van der Waals surface area contributed by atoms with Crippen LogP contribution in [0, 0.1) is 13.8 Å². The number of carbonyl (C=O) groups excluding carboxylic acids is 1. The molecule has 1 saturated heterocycles.